The zero-order valence-electron chi connectivity index (χ0n) is 11.3. The van der Waals surface area contributed by atoms with Gasteiger partial charge in [0.1, 0.15) is 0 Å². The number of thioether (sulfide) groups is 1. The highest BCUT2D eigenvalue weighted by atomic mass is 35.5. The van der Waals surface area contributed by atoms with Crippen LogP contribution in [-0.4, -0.2) is 15.5 Å². The van der Waals surface area contributed by atoms with Gasteiger partial charge in [0.25, 0.3) is 0 Å². The van der Waals surface area contributed by atoms with Crippen LogP contribution >= 0.6 is 23.4 Å². The highest BCUT2D eigenvalue weighted by molar-refractivity contribution is 7.98. The second kappa shape index (κ2) is 6.70. The number of hydrogen-bond donors (Lipinski definition) is 2. The van der Waals surface area contributed by atoms with Crippen molar-refractivity contribution in [1.82, 2.24) is 4.72 Å². The Labute approximate surface area is 133 Å². The van der Waals surface area contributed by atoms with E-state index in [-0.39, 0.29) is 4.90 Å². The summed E-state index contributed by atoms with van der Waals surface area (Å²) in [6.07, 6.45) is 0. The molecular formula is C14H15ClN2O2S2. The summed E-state index contributed by atoms with van der Waals surface area (Å²) < 4.78 is 25.9. The molecule has 0 saturated carbocycles. The first-order chi connectivity index (χ1) is 9.94. The number of benzene rings is 2. The normalized spacial score (nSPS) is 11.5. The van der Waals surface area contributed by atoms with Crippen molar-refractivity contribution in [2.24, 2.45) is 0 Å². The van der Waals surface area contributed by atoms with Crippen LogP contribution in [0, 0.1) is 0 Å². The van der Waals surface area contributed by atoms with Crippen LogP contribution in [0.15, 0.2) is 52.3 Å². The number of sulfonamides is 1. The first kappa shape index (κ1) is 16.2. The molecule has 0 saturated heterocycles. The predicted molar refractivity (Wildman–Crippen MR) is 88.1 cm³/mol. The van der Waals surface area contributed by atoms with Gasteiger partial charge in [-0.15, -0.1) is 11.8 Å². The van der Waals surface area contributed by atoms with Crippen molar-refractivity contribution in [1.29, 1.82) is 0 Å². The molecule has 2 aromatic rings. The van der Waals surface area contributed by atoms with E-state index in [4.69, 9.17) is 17.3 Å². The molecule has 0 atom stereocenters. The third kappa shape index (κ3) is 3.91. The zero-order chi connectivity index (χ0) is 15.5. The molecule has 0 amide bonds. The van der Waals surface area contributed by atoms with E-state index in [0.717, 1.165) is 5.56 Å². The van der Waals surface area contributed by atoms with E-state index < -0.39 is 10.0 Å². The quantitative estimate of drug-likeness (QED) is 0.647. The molecule has 0 aliphatic carbocycles. The SMILES string of the molecule is CNS(=O)(=O)c1ccc(N)c(SCc2ccccc2Cl)c1. The molecule has 3 N–H and O–H groups in total. The summed E-state index contributed by atoms with van der Waals surface area (Å²) in [5, 5.41) is 0.683. The lowest BCUT2D eigenvalue weighted by Crippen LogP contribution is -2.18. The van der Waals surface area contributed by atoms with Crippen molar-refractivity contribution >= 4 is 39.1 Å². The van der Waals surface area contributed by atoms with E-state index in [1.54, 1.807) is 12.1 Å². The van der Waals surface area contributed by atoms with Crippen molar-refractivity contribution < 1.29 is 8.42 Å². The Morgan fingerprint density at radius 3 is 2.62 bits per heavy atom. The van der Waals surface area contributed by atoms with Crippen molar-refractivity contribution in [2.45, 2.75) is 15.5 Å². The van der Waals surface area contributed by atoms with Crippen molar-refractivity contribution in [3.63, 3.8) is 0 Å². The molecular weight excluding hydrogens is 328 g/mol. The van der Waals surface area contributed by atoms with Gasteiger partial charge in [-0.25, -0.2) is 13.1 Å². The van der Waals surface area contributed by atoms with Crippen LogP contribution in [0.1, 0.15) is 5.56 Å². The summed E-state index contributed by atoms with van der Waals surface area (Å²) in [5.41, 5.74) is 7.43. The molecule has 7 heteroatoms. The Morgan fingerprint density at radius 2 is 1.95 bits per heavy atom. The summed E-state index contributed by atoms with van der Waals surface area (Å²) >= 11 is 7.56. The Hall–Kier alpha value is -1.21. The van der Waals surface area contributed by atoms with E-state index in [9.17, 15) is 8.42 Å². The van der Waals surface area contributed by atoms with E-state index in [1.165, 1.54) is 24.9 Å². The lowest BCUT2D eigenvalue weighted by atomic mass is 10.2. The van der Waals surface area contributed by atoms with Crippen molar-refractivity contribution in [2.75, 3.05) is 12.8 Å². The minimum atomic E-state index is -3.47. The first-order valence-corrected chi connectivity index (χ1v) is 8.98. The molecule has 0 aliphatic heterocycles. The van der Waals surface area contributed by atoms with Crippen LogP contribution in [-0.2, 0) is 15.8 Å². The summed E-state index contributed by atoms with van der Waals surface area (Å²) in [6.45, 7) is 0. The number of hydrogen-bond acceptors (Lipinski definition) is 4. The van der Waals surface area contributed by atoms with Crippen LogP contribution in [0.25, 0.3) is 0 Å². The zero-order valence-corrected chi connectivity index (χ0v) is 13.7. The third-order valence-corrected chi connectivity index (χ3v) is 5.81. The second-order valence-corrected chi connectivity index (χ2v) is 7.60. The van der Waals surface area contributed by atoms with Gasteiger partial charge in [-0.1, -0.05) is 29.8 Å². The molecule has 0 radical (unpaired) electrons. The molecule has 0 aromatic heterocycles. The molecule has 0 spiro atoms. The lowest BCUT2D eigenvalue weighted by Gasteiger charge is -2.09. The van der Waals surface area contributed by atoms with Gasteiger partial charge in [-0.05, 0) is 36.9 Å². The van der Waals surface area contributed by atoms with Crippen molar-refractivity contribution in [3.8, 4) is 0 Å². The van der Waals surface area contributed by atoms with Crippen LogP contribution in [0.2, 0.25) is 5.02 Å². The number of halogens is 1. The summed E-state index contributed by atoms with van der Waals surface area (Å²) in [4.78, 5) is 0.909. The molecule has 2 aromatic carbocycles. The molecule has 0 aliphatic rings. The highest BCUT2D eigenvalue weighted by Gasteiger charge is 2.13. The largest absolute Gasteiger partial charge is 0.398 e. The van der Waals surface area contributed by atoms with Crippen LogP contribution in [0.3, 0.4) is 0 Å². The maximum atomic E-state index is 11.8. The monoisotopic (exact) mass is 342 g/mol. The second-order valence-electron chi connectivity index (χ2n) is 4.29. The number of nitrogens with two attached hydrogens (primary N) is 1. The average molecular weight is 343 g/mol. The van der Waals surface area contributed by atoms with Crippen LogP contribution in [0.4, 0.5) is 5.69 Å². The summed E-state index contributed by atoms with van der Waals surface area (Å²) in [6, 6.07) is 12.2. The average Bonchev–Trinajstić information content (AvgIpc) is 2.47. The fraction of sp³-hybridized carbons (Fsp3) is 0.143. The van der Waals surface area contributed by atoms with Crippen LogP contribution in [0.5, 0.6) is 0 Å². The minimum Gasteiger partial charge on any atom is -0.398 e. The van der Waals surface area contributed by atoms with E-state index in [0.29, 0.717) is 21.4 Å². The Morgan fingerprint density at radius 1 is 1.24 bits per heavy atom. The topological polar surface area (TPSA) is 72.2 Å². The molecule has 2 rings (SSSR count). The Kier molecular flexibility index (Phi) is 5.16. The number of rotatable bonds is 5. The minimum absolute atomic E-state index is 0.195. The lowest BCUT2D eigenvalue weighted by molar-refractivity contribution is 0.588. The van der Waals surface area contributed by atoms with Gasteiger partial charge < -0.3 is 5.73 Å². The standard InChI is InChI=1S/C14H15ClN2O2S2/c1-17-21(18,19)11-6-7-13(16)14(8-11)20-9-10-4-2-3-5-12(10)15/h2-8,17H,9,16H2,1H3. The van der Waals surface area contributed by atoms with Gasteiger partial charge in [0.15, 0.2) is 0 Å². The predicted octanol–water partition coefficient (Wildman–Crippen LogP) is 3.12. The molecule has 0 bridgehead atoms. The first-order valence-electron chi connectivity index (χ1n) is 6.13. The van der Waals surface area contributed by atoms with E-state index in [2.05, 4.69) is 4.72 Å². The van der Waals surface area contributed by atoms with E-state index in [1.807, 2.05) is 24.3 Å². The maximum Gasteiger partial charge on any atom is 0.240 e. The summed E-state index contributed by atoms with van der Waals surface area (Å²) in [5.74, 6) is 0.618. The van der Waals surface area contributed by atoms with Gasteiger partial charge in [0.05, 0.1) is 4.90 Å². The summed E-state index contributed by atoms with van der Waals surface area (Å²) in [7, 11) is -2.10. The van der Waals surface area contributed by atoms with Gasteiger partial charge in [-0.2, -0.15) is 0 Å². The smallest absolute Gasteiger partial charge is 0.240 e. The number of nitrogen functional groups attached to an aromatic ring is 1. The van der Waals surface area contributed by atoms with E-state index >= 15 is 0 Å². The Balaban J connectivity index is 2.24. The molecule has 112 valence electrons. The number of nitrogens with one attached hydrogen (secondary N) is 1. The fourth-order valence-corrected chi connectivity index (χ4v) is 3.82. The molecule has 4 nitrogen and oxygen atoms in total. The number of anilines is 1. The fourth-order valence-electron chi connectivity index (χ4n) is 1.70. The third-order valence-electron chi connectivity index (χ3n) is 2.91. The Bertz CT molecular complexity index is 748. The van der Waals surface area contributed by atoms with Gasteiger partial charge >= 0.3 is 0 Å². The van der Waals surface area contributed by atoms with Crippen LogP contribution < -0.4 is 10.5 Å². The molecule has 0 unspecified atom stereocenters. The van der Waals surface area contributed by atoms with Gasteiger partial charge in [-0.3, -0.25) is 0 Å². The molecule has 0 heterocycles. The molecule has 21 heavy (non-hydrogen) atoms. The van der Waals surface area contributed by atoms with Crippen molar-refractivity contribution in [3.05, 3.63) is 53.1 Å². The highest BCUT2D eigenvalue weighted by Crippen LogP contribution is 2.32. The van der Waals surface area contributed by atoms with Gasteiger partial charge in [0, 0.05) is 21.4 Å². The van der Waals surface area contributed by atoms with Gasteiger partial charge in [0.2, 0.25) is 10.0 Å². The molecule has 0 fully saturated rings. The maximum absolute atomic E-state index is 11.8.